The molecule has 3 aromatic rings. The van der Waals surface area contributed by atoms with Crippen LogP contribution in [0.1, 0.15) is 36.7 Å². The predicted molar refractivity (Wildman–Crippen MR) is 126 cm³/mol. The molecule has 0 fully saturated rings. The van der Waals surface area contributed by atoms with Crippen molar-refractivity contribution in [3.05, 3.63) is 78.1 Å². The topological polar surface area (TPSA) is 98.8 Å². The number of carbonyl (C=O) groups excluding carboxylic acids is 2. The van der Waals surface area contributed by atoms with E-state index < -0.39 is 11.7 Å². The van der Waals surface area contributed by atoms with Gasteiger partial charge in [-0.15, -0.1) is 0 Å². The molecule has 2 amide bonds. The Morgan fingerprint density at radius 1 is 1.00 bits per heavy atom. The summed E-state index contributed by atoms with van der Waals surface area (Å²) in [5, 5.41) is 5.47. The minimum atomic E-state index is -0.646. The third-order valence-electron chi connectivity index (χ3n) is 4.32. The lowest BCUT2D eigenvalue weighted by atomic mass is 10.2. The monoisotopic (exact) mass is 449 g/mol. The first-order chi connectivity index (χ1) is 15.7. The Bertz CT molecular complexity index is 1110. The molecule has 0 aliphatic carbocycles. The molecule has 0 aliphatic heterocycles. The molecule has 1 heterocycles. The molecule has 0 spiro atoms. The number of pyridine rings is 1. The van der Waals surface area contributed by atoms with Crippen LogP contribution < -0.4 is 20.1 Å². The van der Waals surface area contributed by atoms with Crippen LogP contribution >= 0.6 is 0 Å². The lowest BCUT2D eigenvalue weighted by Gasteiger charge is -2.20. The summed E-state index contributed by atoms with van der Waals surface area (Å²) in [7, 11) is 1.49. The Hall–Kier alpha value is -4.07. The van der Waals surface area contributed by atoms with Gasteiger partial charge in [-0.05, 0) is 63.2 Å². The SMILES string of the molecule is COc1ccc(NC(=O)c2cccc(OCc3cccnc3)c2)cc1NC(=O)OC(C)(C)C. The van der Waals surface area contributed by atoms with Crippen LogP contribution in [0.25, 0.3) is 0 Å². The van der Waals surface area contributed by atoms with Crippen molar-refractivity contribution in [2.24, 2.45) is 0 Å². The van der Waals surface area contributed by atoms with Crippen molar-refractivity contribution in [3.8, 4) is 11.5 Å². The third-order valence-corrected chi connectivity index (χ3v) is 4.32. The summed E-state index contributed by atoms with van der Waals surface area (Å²) in [5.74, 6) is 0.674. The predicted octanol–water partition coefficient (Wildman–Crippen LogP) is 5.27. The van der Waals surface area contributed by atoms with E-state index in [1.165, 1.54) is 7.11 Å². The number of methoxy groups -OCH3 is 1. The Morgan fingerprint density at radius 2 is 1.82 bits per heavy atom. The largest absolute Gasteiger partial charge is 0.495 e. The number of benzene rings is 2. The molecule has 0 saturated heterocycles. The standard InChI is InChI=1S/C25H27N3O5/c1-25(2,3)33-24(30)28-21-14-19(10-11-22(21)31-4)27-23(29)18-8-5-9-20(13-18)32-16-17-7-6-12-26-15-17/h5-15H,16H2,1-4H3,(H,27,29)(H,28,30). The molecule has 0 unspecified atom stereocenters. The first-order valence-corrected chi connectivity index (χ1v) is 10.3. The zero-order chi connectivity index (χ0) is 23.8. The van der Waals surface area contributed by atoms with E-state index in [9.17, 15) is 9.59 Å². The van der Waals surface area contributed by atoms with E-state index in [0.717, 1.165) is 5.56 Å². The van der Waals surface area contributed by atoms with Gasteiger partial charge in [-0.2, -0.15) is 0 Å². The smallest absolute Gasteiger partial charge is 0.412 e. The van der Waals surface area contributed by atoms with Crippen LogP contribution in [-0.4, -0.2) is 29.7 Å². The molecule has 33 heavy (non-hydrogen) atoms. The van der Waals surface area contributed by atoms with E-state index in [0.29, 0.717) is 35.0 Å². The van der Waals surface area contributed by atoms with Gasteiger partial charge in [0, 0.05) is 29.2 Å². The van der Waals surface area contributed by atoms with Gasteiger partial charge in [0.15, 0.2) is 0 Å². The minimum Gasteiger partial charge on any atom is -0.495 e. The number of rotatable bonds is 7. The first kappa shape index (κ1) is 23.6. The van der Waals surface area contributed by atoms with Crippen molar-refractivity contribution < 1.29 is 23.8 Å². The molecular formula is C25H27N3O5. The Labute approximate surface area is 192 Å². The van der Waals surface area contributed by atoms with Gasteiger partial charge in [0.25, 0.3) is 5.91 Å². The maximum absolute atomic E-state index is 12.8. The summed E-state index contributed by atoms with van der Waals surface area (Å²) in [6.45, 7) is 5.66. The van der Waals surface area contributed by atoms with Gasteiger partial charge in [-0.3, -0.25) is 15.1 Å². The zero-order valence-corrected chi connectivity index (χ0v) is 19.0. The van der Waals surface area contributed by atoms with Crippen molar-refractivity contribution in [2.45, 2.75) is 33.0 Å². The normalized spacial score (nSPS) is 10.8. The quantitative estimate of drug-likeness (QED) is 0.510. The van der Waals surface area contributed by atoms with Gasteiger partial charge in [0.05, 0.1) is 12.8 Å². The summed E-state index contributed by atoms with van der Waals surface area (Å²) in [6.07, 6.45) is 2.80. The average Bonchev–Trinajstić information content (AvgIpc) is 2.77. The fourth-order valence-electron chi connectivity index (χ4n) is 2.88. The number of hydrogen-bond donors (Lipinski definition) is 2. The lowest BCUT2D eigenvalue weighted by molar-refractivity contribution is 0.0635. The molecule has 2 N–H and O–H groups in total. The van der Waals surface area contributed by atoms with Crippen molar-refractivity contribution in [1.82, 2.24) is 4.98 Å². The van der Waals surface area contributed by atoms with Crippen molar-refractivity contribution >= 4 is 23.4 Å². The molecule has 172 valence electrons. The molecule has 8 nitrogen and oxygen atoms in total. The van der Waals surface area contributed by atoms with Gasteiger partial charge >= 0.3 is 6.09 Å². The van der Waals surface area contributed by atoms with Crippen LogP contribution in [0.4, 0.5) is 16.2 Å². The summed E-state index contributed by atoms with van der Waals surface area (Å²) < 4.78 is 16.4. The van der Waals surface area contributed by atoms with E-state index in [1.807, 2.05) is 12.1 Å². The van der Waals surface area contributed by atoms with E-state index >= 15 is 0 Å². The highest BCUT2D eigenvalue weighted by Crippen LogP contribution is 2.29. The van der Waals surface area contributed by atoms with E-state index in [1.54, 1.807) is 75.6 Å². The first-order valence-electron chi connectivity index (χ1n) is 10.3. The van der Waals surface area contributed by atoms with Crippen LogP contribution in [0.2, 0.25) is 0 Å². The Kier molecular flexibility index (Phi) is 7.50. The molecule has 1 aromatic heterocycles. The molecule has 8 heteroatoms. The Morgan fingerprint density at radius 3 is 2.52 bits per heavy atom. The molecule has 0 aliphatic rings. The van der Waals surface area contributed by atoms with Crippen LogP contribution in [-0.2, 0) is 11.3 Å². The van der Waals surface area contributed by atoms with Crippen LogP contribution in [0.5, 0.6) is 11.5 Å². The second kappa shape index (κ2) is 10.5. The second-order valence-electron chi connectivity index (χ2n) is 8.17. The lowest BCUT2D eigenvalue weighted by Crippen LogP contribution is -2.27. The molecule has 0 saturated carbocycles. The summed E-state index contributed by atoms with van der Waals surface area (Å²) in [5.41, 5.74) is 1.56. The highest BCUT2D eigenvalue weighted by molar-refractivity contribution is 6.05. The summed E-state index contributed by atoms with van der Waals surface area (Å²) in [4.78, 5) is 29.0. The molecular weight excluding hydrogens is 422 g/mol. The van der Waals surface area contributed by atoms with E-state index in [2.05, 4.69) is 15.6 Å². The van der Waals surface area contributed by atoms with Gasteiger partial charge in [0.1, 0.15) is 23.7 Å². The number of nitrogens with zero attached hydrogens (tertiary/aromatic N) is 1. The van der Waals surface area contributed by atoms with Crippen molar-refractivity contribution in [2.75, 3.05) is 17.7 Å². The highest BCUT2D eigenvalue weighted by atomic mass is 16.6. The van der Waals surface area contributed by atoms with Gasteiger partial charge in [-0.1, -0.05) is 12.1 Å². The average molecular weight is 450 g/mol. The molecule has 2 aromatic carbocycles. The zero-order valence-electron chi connectivity index (χ0n) is 19.0. The minimum absolute atomic E-state index is 0.324. The fourth-order valence-corrected chi connectivity index (χ4v) is 2.88. The van der Waals surface area contributed by atoms with Crippen LogP contribution in [0.3, 0.4) is 0 Å². The van der Waals surface area contributed by atoms with Crippen LogP contribution in [0.15, 0.2) is 67.0 Å². The highest BCUT2D eigenvalue weighted by Gasteiger charge is 2.18. The fraction of sp³-hybridized carbons (Fsp3) is 0.240. The number of nitrogens with one attached hydrogen (secondary N) is 2. The number of anilines is 2. The van der Waals surface area contributed by atoms with Crippen molar-refractivity contribution in [3.63, 3.8) is 0 Å². The second-order valence-corrected chi connectivity index (χ2v) is 8.17. The van der Waals surface area contributed by atoms with E-state index in [4.69, 9.17) is 14.2 Å². The number of ether oxygens (including phenoxy) is 3. The summed E-state index contributed by atoms with van der Waals surface area (Å²) >= 11 is 0. The Balaban J connectivity index is 1.69. The molecule has 3 rings (SSSR count). The third kappa shape index (κ3) is 7.24. The van der Waals surface area contributed by atoms with Crippen LogP contribution in [0, 0.1) is 0 Å². The number of amides is 2. The van der Waals surface area contributed by atoms with E-state index in [-0.39, 0.29) is 5.91 Å². The number of aromatic nitrogens is 1. The summed E-state index contributed by atoms with van der Waals surface area (Å²) in [6, 6.07) is 15.6. The maximum atomic E-state index is 12.8. The maximum Gasteiger partial charge on any atom is 0.412 e. The number of carbonyl (C=O) groups is 2. The number of hydrogen-bond acceptors (Lipinski definition) is 6. The molecule has 0 radical (unpaired) electrons. The van der Waals surface area contributed by atoms with Crippen molar-refractivity contribution in [1.29, 1.82) is 0 Å². The van der Waals surface area contributed by atoms with Gasteiger partial charge < -0.3 is 19.5 Å². The van der Waals surface area contributed by atoms with Gasteiger partial charge in [0.2, 0.25) is 0 Å². The molecule has 0 atom stereocenters. The van der Waals surface area contributed by atoms with Gasteiger partial charge in [-0.25, -0.2) is 4.79 Å². The molecule has 0 bridgehead atoms.